The first-order valence-corrected chi connectivity index (χ1v) is 6.81. The third-order valence-electron chi connectivity index (χ3n) is 3.76. The normalized spacial score (nSPS) is 17.5. The SMILES string of the molecule is C1=COC(c2ccc3cc4ccccc4cc3c2)C=C1. The van der Waals surface area contributed by atoms with Crippen LogP contribution in [0.4, 0.5) is 0 Å². The first-order chi connectivity index (χ1) is 9.90. The first-order valence-electron chi connectivity index (χ1n) is 6.81. The molecule has 0 saturated heterocycles. The molecule has 0 saturated carbocycles. The van der Waals surface area contributed by atoms with Crippen molar-refractivity contribution in [2.24, 2.45) is 0 Å². The van der Waals surface area contributed by atoms with Crippen LogP contribution in [0.3, 0.4) is 0 Å². The van der Waals surface area contributed by atoms with Crippen molar-refractivity contribution in [3.8, 4) is 0 Å². The fourth-order valence-electron chi connectivity index (χ4n) is 2.71. The van der Waals surface area contributed by atoms with E-state index in [0.29, 0.717) is 0 Å². The highest BCUT2D eigenvalue weighted by Crippen LogP contribution is 2.28. The summed E-state index contributed by atoms with van der Waals surface area (Å²) in [5.41, 5.74) is 1.19. The topological polar surface area (TPSA) is 9.23 Å². The van der Waals surface area contributed by atoms with Gasteiger partial charge < -0.3 is 4.74 Å². The van der Waals surface area contributed by atoms with Crippen molar-refractivity contribution in [2.45, 2.75) is 6.10 Å². The Hall–Kier alpha value is -2.54. The monoisotopic (exact) mass is 258 g/mol. The molecule has 3 aromatic carbocycles. The van der Waals surface area contributed by atoms with Gasteiger partial charge >= 0.3 is 0 Å². The quantitative estimate of drug-likeness (QED) is 0.549. The molecule has 96 valence electrons. The van der Waals surface area contributed by atoms with E-state index in [-0.39, 0.29) is 6.10 Å². The molecule has 0 amide bonds. The van der Waals surface area contributed by atoms with E-state index in [9.17, 15) is 0 Å². The summed E-state index contributed by atoms with van der Waals surface area (Å²) in [5.74, 6) is 0. The third kappa shape index (κ3) is 1.88. The second-order valence-corrected chi connectivity index (χ2v) is 5.08. The number of hydrogen-bond donors (Lipinski definition) is 0. The molecular weight excluding hydrogens is 244 g/mol. The number of hydrogen-bond acceptors (Lipinski definition) is 1. The van der Waals surface area contributed by atoms with Gasteiger partial charge in [-0.25, -0.2) is 0 Å². The maximum Gasteiger partial charge on any atom is 0.141 e. The van der Waals surface area contributed by atoms with Gasteiger partial charge in [0.1, 0.15) is 6.10 Å². The summed E-state index contributed by atoms with van der Waals surface area (Å²) >= 11 is 0. The van der Waals surface area contributed by atoms with E-state index in [0.717, 1.165) is 0 Å². The van der Waals surface area contributed by atoms with Gasteiger partial charge in [-0.3, -0.25) is 0 Å². The van der Waals surface area contributed by atoms with Crippen LogP contribution in [0.25, 0.3) is 21.5 Å². The molecule has 0 fully saturated rings. The molecule has 1 heteroatoms. The van der Waals surface area contributed by atoms with E-state index in [1.54, 1.807) is 6.26 Å². The molecule has 3 aromatic rings. The number of ether oxygens (including phenoxy) is 1. The van der Waals surface area contributed by atoms with Crippen molar-refractivity contribution in [1.82, 2.24) is 0 Å². The lowest BCUT2D eigenvalue weighted by molar-refractivity contribution is 0.186. The highest BCUT2D eigenvalue weighted by atomic mass is 16.5. The Morgan fingerprint density at radius 1 is 0.700 bits per heavy atom. The van der Waals surface area contributed by atoms with E-state index in [1.165, 1.54) is 27.1 Å². The lowest BCUT2D eigenvalue weighted by Crippen LogP contribution is -1.99. The van der Waals surface area contributed by atoms with E-state index in [1.807, 2.05) is 12.2 Å². The summed E-state index contributed by atoms with van der Waals surface area (Å²) in [6.07, 6.45) is 7.78. The van der Waals surface area contributed by atoms with Crippen LogP contribution >= 0.6 is 0 Å². The number of benzene rings is 3. The van der Waals surface area contributed by atoms with Crippen LogP contribution in [0.2, 0.25) is 0 Å². The predicted octanol–water partition coefficient (Wildman–Crippen LogP) is 5.13. The van der Waals surface area contributed by atoms with Crippen molar-refractivity contribution in [1.29, 1.82) is 0 Å². The van der Waals surface area contributed by atoms with Gasteiger partial charge in [-0.15, -0.1) is 0 Å². The largest absolute Gasteiger partial charge is 0.489 e. The second kappa shape index (κ2) is 4.53. The molecule has 0 aliphatic carbocycles. The smallest absolute Gasteiger partial charge is 0.141 e. The van der Waals surface area contributed by atoms with E-state index >= 15 is 0 Å². The van der Waals surface area contributed by atoms with Crippen LogP contribution in [-0.4, -0.2) is 0 Å². The predicted molar refractivity (Wildman–Crippen MR) is 83.6 cm³/mol. The molecule has 0 radical (unpaired) electrons. The Labute approximate surface area is 117 Å². The highest BCUT2D eigenvalue weighted by Gasteiger charge is 2.10. The van der Waals surface area contributed by atoms with E-state index in [4.69, 9.17) is 4.74 Å². The summed E-state index contributed by atoms with van der Waals surface area (Å²) in [6.45, 7) is 0. The zero-order chi connectivity index (χ0) is 13.4. The lowest BCUT2D eigenvalue weighted by Gasteiger charge is -2.16. The lowest BCUT2D eigenvalue weighted by atomic mass is 9.99. The Bertz CT molecular complexity index is 843. The highest BCUT2D eigenvalue weighted by molar-refractivity contribution is 5.98. The minimum absolute atomic E-state index is 0.0240. The zero-order valence-corrected chi connectivity index (χ0v) is 11.0. The third-order valence-corrected chi connectivity index (χ3v) is 3.76. The fraction of sp³-hybridized carbons (Fsp3) is 0.0526. The van der Waals surface area contributed by atoms with Crippen LogP contribution in [-0.2, 0) is 4.74 Å². The van der Waals surface area contributed by atoms with Crippen molar-refractivity contribution < 1.29 is 4.74 Å². The summed E-state index contributed by atoms with van der Waals surface area (Å²) in [7, 11) is 0. The summed E-state index contributed by atoms with van der Waals surface area (Å²) < 4.78 is 5.63. The maximum atomic E-state index is 5.63. The second-order valence-electron chi connectivity index (χ2n) is 5.08. The average Bonchev–Trinajstić information content (AvgIpc) is 2.53. The maximum absolute atomic E-state index is 5.63. The summed E-state index contributed by atoms with van der Waals surface area (Å²) in [6, 6.07) is 19.5. The molecule has 1 heterocycles. The Balaban J connectivity index is 1.87. The molecule has 1 aliphatic rings. The van der Waals surface area contributed by atoms with Gasteiger partial charge in [0.25, 0.3) is 0 Å². The molecule has 0 aromatic heterocycles. The van der Waals surface area contributed by atoms with Gasteiger partial charge in [0.05, 0.1) is 6.26 Å². The van der Waals surface area contributed by atoms with E-state index in [2.05, 4.69) is 60.7 Å². The fourth-order valence-corrected chi connectivity index (χ4v) is 2.71. The van der Waals surface area contributed by atoms with Gasteiger partial charge in [-0.1, -0.05) is 42.5 Å². The molecule has 0 spiro atoms. The van der Waals surface area contributed by atoms with Crippen LogP contribution in [0, 0.1) is 0 Å². The molecule has 0 N–H and O–H groups in total. The Morgan fingerprint density at radius 3 is 2.20 bits per heavy atom. The minimum Gasteiger partial charge on any atom is -0.489 e. The molecule has 0 bridgehead atoms. The summed E-state index contributed by atoms with van der Waals surface area (Å²) in [5, 5.41) is 5.08. The molecule has 4 rings (SSSR count). The average molecular weight is 258 g/mol. The number of rotatable bonds is 1. The van der Waals surface area contributed by atoms with Crippen LogP contribution in [0.15, 0.2) is 79.1 Å². The van der Waals surface area contributed by atoms with Gasteiger partial charge in [-0.05, 0) is 57.5 Å². The summed E-state index contributed by atoms with van der Waals surface area (Å²) in [4.78, 5) is 0. The molecule has 1 unspecified atom stereocenters. The van der Waals surface area contributed by atoms with Crippen LogP contribution in [0.5, 0.6) is 0 Å². The molecule has 1 nitrogen and oxygen atoms in total. The molecule has 1 aliphatic heterocycles. The Kier molecular flexibility index (Phi) is 2.56. The van der Waals surface area contributed by atoms with Gasteiger partial charge in [0, 0.05) is 0 Å². The van der Waals surface area contributed by atoms with Crippen molar-refractivity contribution in [3.63, 3.8) is 0 Å². The molecule has 20 heavy (non-hydrogen) atoms. The van der Waals surface area contributed by atoms with Gasteiger partial charge in [0.15, 0.2) is 0 Å². The number of allylic oxidation sites excluding steroid dienone is 2. The minimum atomic E-state index is 0.0240. The molecule has 1 atom stereocenters. The zero-order valence-electron chi connectivity index (χ0n) is 11.0. The van der Waals surface area contributed by atoms with Gasteiger partial charge in [0.2, 0.25) is 0 Å². The Morgan fingerprint density at radius 2 is 1.45 bits per heavy atom. The van der Waals surface area contributed by atoms with Crippen molar-refractivity contribution in [3.05, 3.63) is 84.7 Å². The van der Waals surface area contributed by atoms with Crippen molar-refractivity contribution >= 4 is 21.5 Å². The first kappa shape index (κ1) is 11.3. The standard InChI is InChI=1S/C19H14O/c1-2-6-15-12-18-13-17(19-7-3-4-10-20-19)9-8-16(18)11-14(15)5-1/h1-13,19H. The van der Waals surface area contributed by atoms with E-state index < -0.39 is 0 Å². The number of fused-ring (bicyclic) bond motifs is 2. The van der Waals surface area contributed by atoms with Crippen LogP contribution in [0.1, 0.15) is 11.7 Å². The van der Waals surface area contributed by atoms with Gasteiger partial charge in [-0.2, -0.15) is 0 Å². The van der Waals surface area contributed by atoms with Crippen molar-refractivity contribution in [2.75, 3.05) is 0 Å². The van der Waals surface area contributed by atoms with Crippen LogP contribution < -0.4 is 0 Å². The molecular formula is C19H14O.